The summed E-state index contributed by atoms with van der Waals surface area (Å²) in [5, 5.41) is 18.7. The van der Waals surface area contributed by atoms with Crippen LogP contribution in [0.1, 0.15) is 44.5 Å². The topological polar surface area (TPSA) is 15.3 Å². The highest BCUT2D eigenvalue weighted by Gasteiger charge is 2.46. The summed E-state index contributed by atoms with van der Waals surface area (Å²) in [4.78, 5) is 2.45. The van der Waals surface area contributed by atoms with Gasteiger partial charge >= 0.3 is 0 Å². The molecule has 0 aromatic heterocycles. The number of hydrogen-bond acceptors (Lipinski definition) is 2. The lowest BCUT2D eigenvalue weighted by molar-refractivity contribution is 0.749. The van der Waals surface area contributed by atoms with Gasteiger partial charge in [0.25, 0.3) is 0 Å². The summed E-state index contributed by atoms with van der Waals surface area (Å²) >= 11 is 3.73. The average Bonchev–Trinajstić information content (AvgIpc) is 0.692. The summed E-state index contributed by atoms with van der Waals surface area (Å²) in [6.07, 6.45) is 0. The molecule has 2 nitrogen and oxygen atoms in total. The molecular weight excluding hydrogens is 1440 g/mol. The van der Waals surface area contributed by atoms with Crippen molar-refractivity contribution in [2.24, 2.45) is 0 Å². The summed E-state index contributed by atoms with van der Waals surface area (Å²) in [5.41, 5.74) is 25.1. The number of nitrogens with zero attached hydrogens (tertiary/aromatic N) is 1. The van der Waals surface area contributed by atoms with Gasteiger partial charge in [-0.3, -0.25) is 0 Å². The van der Waals surface area contributed by atoms with Gasteiger partial charge in [0.1, 0.15) is 0 Å². The molecule has 0 bridgehead atoms. The number of hydrogen-bond donors (Lipinski definition) is 1. The molecule has 2 atom stereocenters. The molecule has 0 spiro atoms. The third kappa shape index (κ3) is 12.1. The first-order valence-corrected chi connectivity index (χ1v) is 39.7. The largest absolute Gasteiger partial charge is 0.355 e. The minimum absolute atomic E-state index is 0. The fraction of sp³-hybridized carbons (Fsp3) is 0.0182. The van der Waals surface area contributed by atoms with Crippen LogP contribution < -0.4 is 10.2 Å². The van der Waals surface area contributed by atoms with Gasteiger partial charge in [-0.25, -0.2) is 0 Å². The standard InChI is InChI=1S/C55H37N.C29H19Br.C26H19N.B/c1-2-21-42(22-3-1)55(51-30-9-8-27-49(51)50-29-11-19-41-20-12-31-52(55)54(41)50)43-23-14-24-45(37-43)56(53-32-13-18-39-16-5-7-26-48(39)53)44-35-33-40(34-36-44)47-28-10-17-38-15-4-6-25-46(38)47;30-23-14-8-13-22(19-23)29(21-11-2-1-3-12-21)26-17-5-4-15-24(26)25-16-6-9-20-10-7-18-27(29)28(20)25;1-3-11-23-19(7-1)9-5-13-24(23)21-15-17-22(18-16-21)27-26-14-6-10-20-8-2-4-12-25(20)26;/h1-37H;1-19H;1-18,27H;. The lowest BCUT2D eigenvalue weighted by atomic mass is 9.59. The predicted octanol–water partition coefficient (Wildman–Crippen LogP) is 29.6. The van der Waals surface area contributed by atoms with E-state index < -0.39 is 5.41 Å². The van der Waals surface area contributed by atoms with Crippen molar-refractivity contribution in [3.8, 4) is 44.5 Å². The summed E-state index contributed by atoms with van der Waals surface area (Å²) in [5.74, 6) is 0. The minimum Gasteiger partial charge on any atom is -0.355 e. The minimum atomic E-state index is -0.565. The van der Waals surface area contributed by atoms with Crippen molar-refractivity contribution >= 4 is 117 Å². The Kier molecular flexibility index (Phi) is 18.6. The molecule has 1 N–H and O–H groups in total. The van der Waals surface area contributed by atoms with Crippen molar-refractivity contribution < 1.29 is 0 Å². The van der Waals surface area contributed by atoms with E-state index in [1.165, 1.54) is 154 Å². The van der Waals surface area contributed by atoms with Crippen molar-refractivity contribution in [1.82, 2.24) is 0 Å². The molecular formula is C110H75BBrN2. The molecule has 0 saturated carbocycles. The van der Waals surface area contributed by atoms with Crippen LogP contribution in [0.5, 0.6) is 0 Å². The smallest absolute Gasteiger partial charge is 0.0714 e. The van der Waals surface area contributed by atoms with Crippen LogP contribution in [0.2, 0.25) is 0 Å². The number of rotatable bonds is 11. The number of halogens is 1. The number of anilines is 5. The number of benzene rings is 20. The Hall–Kier alpha value is -13.9. The molecule has 20 aromatic rings. The molecule has 0 saturated heterocycles. The summed E-state index contributed by atoms with van der Waals surface area (Å²) in [6.45, 7) is 0. The Morgan fingerprint density at radius 2 is 0.579 bits per heavy atom. The van der Waals surface area contributed by atoms with Crippen molar-refractivity contribution in [1.29, 1.82) is 0 Å². The molecule has 3 radical (unpaired) electrons. The molecule has 0 heterocycles. The summed E-state index contributed by atoms with van der Waals surface area (Å²) in [7, 11) is 0. The molecule has 2 unspecified atom stereocenters. The third-order valence-corrected chi connectivity index (χ3v) is 23.8. The maximum absolute atomic E-state index is 3.73. The fourth-order valence-corrected chi connectivity index (χ4v) is 18.9. The molecule has 2 aliphatic rings. The summed E-state index contributed by atoms with van der Waals surface area (Å²) < 4.78 is 1.10. The third-order valence-electron chi connectivity index (χ3n) is 23.4. The molecule has 0 amide bonds. The van der Waals surface area contributed by atoms with Gasteiger partial charge in [0.15, 0.2) is 0 Å². The van der Waals surface area contributed by atoms with Gasteiger partial charge in [-0.15, -0.1) is 0 Å². The Morgan fingerprint density at radius 1 is 0.228 bits per heavy atom. The van der Waals surface area contributed by atoms with Gasteiger partial charge in [0.05, 0.1) is 16.5 Å². The lowest BCUT2D eigenvalue weighted by Gasteiger charge is -2.42. The first-order chi connectivity index (χ1) is 56.0. The molecule has 2 aliphatic carbocycles. The zero-order chi connectivity index (χ0) is 75.2. The van der Waals surface area contributed by atoms with Crippen LogP contribution in [0.3, 0.4) is 0 Å². The Balaban J connectivity index is 0.000000126. The monoisotopic (exact) mass is 1510 g/mol. The highest BCUT2D eigenvalue weighted by Crippen LogP contribution is 2.58. The number of fused-ring (bicyclic) bond motifs is 8. The number of nitrogens with one attached hydrogen (secondary N) is 1. The van der Waals surface area contributed by atoms with Gasteiger partial charge in [-0.2, -0.15) is 0 Å². The van der Waals surface area contributed by atoms with Crippen LogP contribution in [-0.4, -0.2) is 8.41 Å². The fourth-order valence-electron chi connectivity index (χ4n) is 18.5. The molecule has 0 fully saturated rings. The second-order valence-electron chi connectivity index (χ2n) is 29.5. The van der Waals surface area contributed by atoms with Crippen molar-refractivity contribution in [3.63, 3.8) is 0 Å². The van der Waals surface area contributed by atoms with E-state index in [0.29, 0.717) is 0 Å². The molecule has 20 aromatic carbocycles. The van der Waals surface area contributed by atoms with E-state index in [4.69, 9.17) is 0 Å². The average molecular weight is 1520 g/mol. The van der Waals surface area contributed by atoms with E-state index in [1.54, 1.807) is 0 Å². The Bertz CT molecular complexity index is 6970. The van der Waals surface area contributed by atoms with E-state index in [0.717, 1.165) is 32.9 Å². The van der Waals surface area contributed by atoms with E-state index in [-0.39, 0.29) is 13.8 Å². The van der Waals surface area contributed by atoms with E-state index in [1.807, 2.05) is 0 Å². The molecule has 4 heteroatoms. The SMILES string of the molecule is Brc1cccc(C2(c3ccccc3)c3ccccc3-c3cccc4cccc2c34)c1.[B].c1ccc(C2(c3cccc(N(c4ccc(-c5cccc6ccccc56)cc4)c4cccc5ccccc45)c3)c3ccccc3-c3cccc4cccc2c34)cc1.c1ccc2c(Nc3ccc(-c4cccc5ccccc45)cc3)cccc2c1. The van der Waals surface area contributed by atoms with E-state index in [2.05, 4.69) is 475 Å². The first-order valence-electron chi connectivity index (χ1n) is 38.9. The molecule has 535 valence electrons. The zero-order valence-electron chi connectivity index (χ0n) is 62.6. The highest BCUT2D eigenvalue weighted by atomic mass is 79.9. The van der Waals surface area contributed by atoms with Gasteiger partial charge in [0.2, 0.25) is 0 Å². The lowest BCUT2D eigenvalue weighted by Crippen LogP contribution is -2.34. The van der Waals surface area contributed by atoms with E-state index >= 15 is 0 Å². The van der Waals surface area contributed by atoms with Gasteiger partial charge in [0, 0.05) is 46.4 Å². The van der Waals surface area contributed by atoms with Crippen LogP contribution in [0.15, 0.2) is 453 Å². The zero-order valence-corrected chi connectivity index (χ0v) is 64.2. The maximum atomic E-state index is 3.73. The maximum Gasteiger partial charge on any atom is 0.0714 e. The van der Waals surface area contributed by atoms with Crippen molar-refractivity contribution in [2.75, 3.05) is 10.2 Å². The second-order valence-corrected chi connectivity index (χ2v) is 30.4. The van der Waals surface area contributed by atoms with Gasteiger partial charge in [-0.1, -0.05) is 404 Å². The van der Waals surface area contributed by atoms with Gasteiger partial charge < -0.3 is 10.2 Å². The highest BCUT2D eigenvalue weighted by molar-refractivity contribution is 9.10. The van der Waals surface area contributed by atoms with Crippen LogP contribution in [0.4, 0.5) is 28.4 Å². The normalized spacial score (nSPS) is 14.2. The van der Waals surface area contributed by atoms with Crippen LogP contribution in [0, 0.1) is 0 Å². The molecule has 0 aliphatic heterocycles. The molecule has 22 rings (SSSR count). The Labute approximate surface area is 675 Å². The molecule has 114 heavy (non-hydrogen) atoms. The van der Waals surface area contributed by atoms with Crippen molar-refractivity contribution in [3.05, 3.63) is 498 Å². The quantitative estimate of drug-likeness (QED) is 0.130. The van der Waals surface area contributed by atoms with Crippen LogP contribution in [-0.2, 0) is 10.8 Å². The first kappa shape index (κ1) is 70.5. The Morgan fingerprint density at radius 3 is 1.11 bits per heavy atom. The second kappa shape index (κ2) is 30.1. The van der Waals surface area contributed by atoms with Crippen LogP contribution in [0.25, 0.3) is 109 Å². The summed E-state index contributed by atoms with van der Waals surface area (Å²) in [6, 6.07) is 163. The predicted molar refractivity (Wildman–Crippen MR) is 488 cm³/mol. The van der Waals surface area contributed by atoms with Crippen LogP contribution >= 0.6 is 15.9 Å². The van der Waals surface area contributed by atoms with Crippen molar-refractivity contribution in [2.45, 2.75) is 10.8 Å². The van der Waals surface area contributed by atoms with E-state index in [9.17, 15) is 0 Å². The van der Waals surface area contributed by atoms with Gasteiger partial charge in [-0.05, 0) is 204 Å².